The van der Waals surface area contributed by atoms with Crippen molar-refractivity contribution in [3.05, 3.63) is 12.0 Å². The molecule has 0 saturated carbocycles. The number of nitrogens with zero attached hydrogens (tertiary/aromatic N) is 1. The second-order valence-electron chi connectivity index (χ2n) is 4.70. The van der Waals surface area contributed by atoms with Gasteiger partial charge in [0.25, 0.3) is 0 Å². The van der Waals surface area contributed by atoms with Gasteiger partial charge in [-0.3, -0.25) is 4.99 Å². The van der Waals surface area contributed by atoms with E-state index in [9.17, 15) is 4.79 Å². The van der Waals surface area contributed by atoms with Crippen LogP contribution in [0.15, 0.2) is 17.0 Å². The van der Waals surface area contributed by atoms with E-state index >= 15 is 0 Å². The number of aliphatic carboxylic acids is 1. The fraction of sp³-hybridized carbons (Fsp3) is 0.636. The van der Waals surface area contributed by atoms with Gasteiger partial charge in [0, 0.05) is 6.08 Å². The Hall–Kier alpha value is -1.52. The molecule has 0 saturated heterocycles. The molecule has 1 heterocycles. The summed E-state index contributed by atoms with van der Waals surface area (Å²) >= 11 is 0. The first-order valence-corrected chi connectivity index (χ1v) is 5.21. The van der Waals surface area contributed by atoms with Crippen molar-refractivity contribution in [1.29, 1.82) is 0 Å². The van der Waals surface area contributed by atoms with E-state index in [0.29, 0.717) is 5.71 Å². The summed E-state index contributed by atoms with van der Waals surface area (Å²) in [5, 5.41) is 9.04. The van der Waals surface area contributed by atoms with Gasteiger partial charge < -0.3 is 15.6 Å². The van der Waals surface area contributed by atoms with Crippen molar-refractivity contribution in [2.45, 2.75) is 39.3 Å². The minimum absolute atomic E-state index is 0.0731. The Morgan fingerprint density at radius 3 is 2.44 bits per heavy atom. The Morgan fingerprint density at radius 2 is 2.12 bits per heavy atom. The van der Waals surface area contributed by atoms with Crippen LogP contribution in [0.3, 0.4) is 0 Å². The molecular formula is C11H18N2O3. The third-order valence-electron chi connectivity index (χ3n) is 2.43. The number of aliphatic imine (C=N–C) groups is 1. The van der Waals surface area contributed by atoms with Crippen LogP contribution in [-0.2, 0) is 9.53 Å². The van der Waals surface area contributed by atoms with Crippen molar-refractivity contribution >= 4 is 11.7 Å². The second-order valence-corrected chi connectivity index (χ2v) is 4.70. The molecule has 0 aromatic heterocycles. The monoisotopic (exact) mass is 226 g/mol. The SMILES string of the molecule is CC(C)C(N=C1C=C(N)OC1(C)C)C(=O)O. The van der Waals surface area contributed by atoms with E-state index in [1.54, 1.807) is 19.9 Å². The molecule has 0 spiro atoms. The zero-order valence-corrected chi connectivity index (χ0v) is 10.0. The van der Waals surface area contributed by atoms with Gasteiger partial charge in [-0.15, -0.1) is 0 Å². The molecule has 90 valence electrons. The zero-order valence-electron chi connectivity index (χ0n) is 10.0. The predicted molar refractivity (Wildman–Crippen MR) is 61.1 cm³/mol. The Kier molecular flexibility index (Phi) is 3.26. The van der Waals surface area contributed by atoms with E-state index in [0.717, 1.165) is 0 Å². The van der Waals surface area contributed by atoms with Gasteiger partial charge in [0.1, 0.15) is 11.6 Å². The third-order valence-corrected chi connectivity index (χ3v) is 2.43. The van der Waals surface area contributed by atoms with Gasteiger partial charge in [0.15, 0.2) is 5.88 Å². The largest absolute Gasteiger partial charge is 0.480 e. The molecule has 1 aliphatic heterocycles. The van der Waals surface area contributed by atoms with Crippen molar-refractivity contribution < 1.29 is 14.6 Å². The molecular weight excluding hydrogens is 208 g/mol. The molecule has 0 bridgehead atoms. The van der Waals surface area contributed by atoms with Crippen molar-refractivity contribution in [2.75, 3.05) is 0 Å². The Morgan fingerprint density at radius 1 is 1.56 bits per heavy atom. The number of ether oxygens (including phenoxy) is 1. The van der Waals surface area contributed by atoms with E-state index in [-0.39, 0.29) is 11.8 Å². The molecule has 5 heteroatoms. The van der Waals surface area contributed by atoms with E-state index in [4.69, 9.17) is 15.6 Å². The number of nitrogens with two attached hydrogens (primary N) is 1. The molecule has 0 amide bonds. The number of carbonyl (C=O) groups is 1. The van der Waals surface area contributed by atoms with E-state index in [1.807, 2.05) is 13.8 Å². The topological polar surface area (TPSA) is 84.9 Å². The van der Waals surface area contributed by atoms with Crippen LogP contribution in [-0.4, -0.2) is 28.4 Å². The number of carboxylic acids is 1. The van der Waals surface area contributed by atoms with Crippen LogP contribution in [0.2, 0.25) is 0 Å². The molecule has 1 atom stereocenters. The molecule has 0 aliphatic carbocycles. The summed E-state index contributed by atoms with van der Waals surface area (Å²) in [6.45, 7) is 7.25. The van der Waals surface area contributed by atoms with Crippen molar-refractivity contribution in [3.63, 3.8) is 0 Å². The van der Waals surface area contributed by atoms with Gasteiger partial charge in [0.2, 0.25) is 0 Å². The summed E-state index contributed by atoms with van der Waals surface area (Å²) in [4.78, 5) is 15.2. The second kappa shape index (κ2) is 4.15. The quantitative estimate of drug-likeness (QED) is 0.755. The van der Waals surface area contributed by atoms with Gasteiger partial charge in [-0.25, -0.2) is 4.79 Å². The maximum absolute atomic E-state index is 11.0. The Bertz CT molecular complexity index is 356. The minimum atomic E-state index is -0.933. The summed E-state index contributed by atoms with van der Waals surface area (Å²) in [7, 11) is 0. The van der Waals surface area contributed by atoms with Crippen LogP contribution in [0.4, 0.5) is 0 Å². The summed E-state index contributed by atoms with van der Waals surface area (Å²) in [6, 6.07) is -0.764. The smallest absolute Gasteiger partial charge is 0.328 e. The minimum Gasteiger partial charge on any atom is -0.480 e. The average Bonchev–Trinajstić information content (AvgIpc) is 2.33. The lowest BCUT2D eigenvalue weighted by Crippen LogP contribution is -2.33. The first-order valence-electron chi connectivity index (χ1n) is 5.21. The normalized spacial score (nSPS) is 23.1. The molecule has 1 aliphatic rings. The van der Waals surface area contributed by atoms with Crippen LogP contribution in [0.25, 0.3) is 0 Å². The Labute approximate surface area is 95.0 Å². The third kappa shape index (κ3) is 2.53. The highest BCUT2D eigenvalue weighted by molar-refractivity contribution is 6.04. The van der Waals surface area contributed by atoms with Gasteiger partial charge in [-0.05, 0) is 19.8 Å². The number of hydrogen-bond acceptors (Lipinski definition) is 4. The van der Waals surface area contributed by atoms with E-state index in [2.05, 4.69) is 4.99 Å². The maximum Gasteiger partial charge on any atom is 0.328 e. The first kappa shape index (κ1) is 12.5. The lowest BCUT2D eigenvalue weighted by Gasteiger charge is -2.21. The standard InChI is InChI=1S/C11H18N2O3/c1-6(2)9(10(14)15)13-7-5-8(12)16-11(7,3)4/h5-6,9H,12H2,1-4H3,(H,14,15). The van der Waals surface area contributed by atoms with Crippen LogP contribution >= 0.6 is 0 Å². The van der Waals surface area contributed by atoms with Crippen LogP contribution in [0.5, 0.6) is 0 Å². The van der Waals surface area contributed by atoms with Crippen molar-refractivity contribution in [1.82, 2.24) is 0 Å². The maximum atomic E-state index is 11.0. The molecule has 1 rings (SSSR count). The van der Waals surface area contributed by atoms with Gasteiger partial charge >= 0.3 is 5.97 Å². The van der Waals surface area contributed by atoms with Crippen LogP contribution < -0.4 is 5.73 Å². The summed E-state index contributed by atoms with van der Waals surface area (Å²) in [6.07, 6.45) is 1.58. The lowest BCUT2D eigenvalue weighted by molar-refractivity contribution is -0.139. The number of hydrogen-bond donors (Lipinski definition) is 2. The van der Waals surface area contributed by atoms with E-state index in [1.165, 1.54) is 0 Å². The summed E-state index contributed by atoms with van der Waals surface area (Å²) < 4.78 is 5.34. The lowest BCUT2D eigenvalue weighted by atomic mass is 10.0. The fourth-order valence-corrected chi connectivity index (χ4v) is 1.52. The highest BCUT2D eigenvalue weighted by atomic mass is 16.5. The average molecular weight is 226 g/mol. The number of carboxylic acid groups (broad SMARTS) is 1. The van der Waals surface area contributed by atoms with Gasteiger partial charge in [0.05, 0.1) is 5.71 Å². The molecule has 16 heavy (non-hydrogen) atoms. The van der Waals surface area contributed by atoms with Crippen molar-refractivity contribution in [2.24, 2.45) is 16.6 Å². The molecule has 0 aromatic rings. The van der Waals surface area contributed by atoms with Gasteiger partial charge in [-0.2, -0.15) is 0 Å². The molecule has 0 aromatic carbocycles. The highest BCUT2D eigenvalue weighted by Gasteiger charge is 2.34. The van der Waals surface area contributed by atoms with Crippen LogP contribution in [0.1, 0.15) is 27.7 Å². The predicted octanol–water partition coefficient (Wildman–Crippen LogP) is 1.15. The Balaban J connectivity index is 3.02. The van der Waals surface area contributed by atoms with E-state index < -0.39 is 17.6 Å². The summed E-state index contributed by atoms with van der Waals surface area (Å²) in [5.74, 6) is -0.732. The highest BCUT2D eigenvalue weighted by Crippen LogP contribution is 2.24. The molecule has 5 nitrogen and oxygen atoms in total. The van der Waals surface area contributed by atoms with Crippen LogP contribution in [0, 0.1) is 5.92 Å². The molecule has 0 fully saturated rings. The fourth-order valence-electron chi connectivity index (χ4n) is 1.52. The summed E-state index contributed by atoms with van der Waals surface area (Å²) in [5.41, 5.74) is 5.47. The molecule has 3 N–H and O–H groups in total. The first-order chi connectivity index (χ1) is 7.24. The van der Waals surface area contributed by atoms with Gasteiger partial charge in [-0.1, -0.05) is 13.8 Å². The number of rotatable bonds is 3. The van der Waals surface area contributed by atoms with Crippen molar-refractivity contribution in [3.8, 4) is 0 Å². The molecule has 1 unspecified atom stereocenters. The zero-order chi connectivity index (χ0) is 12.5. The molecule has 0 radical (unpaired) electrons.